The van der Waals surface area contributed by atoms with Crippen LogP contribution in [0.1, 0.15) is 41.4 Å². The van der Waals surface area contributed by atoms with Crippen LogP contribution in [0.15, 0.2) is 219 Å². The van der Waals surface area contributed by atoms with Crippen molar-refractivity contribution in [3.8, 4) is 28.5 Å². The highest BCUT2D eigenvalue weighted by atomic mass is 32.1. The van der Waals surface area contributed by atoms with Gasteiger partial charge >= 0.3 is 0 Å². The molecule has 0 spiro atoms. The summed E-state index contributed by atoms with van der Waals surface area (Å²) >= 11 is 1.55. The number of aromatic nitrogens is 17. The molecule has 0 saturated carbocycles. The Labute approximate surface area is 745 Å². The maximum atomic E-state index is 14.8. The molecule has 0 aliphatic carbocycles. The quantitative estimate of drug-likeness (QED) is 0.105. The van der Waals surface area contributed by atoms with Crippen molar-refractivity contribution in [2.75, 3.05) is 131 Å². The number of benzene rings is 8. The lowest BCUT2D eigenvalue weighted by molar-refractivity contribution is 0.0769. The summed E-state index contributed by atoms with van der Waals surface area (Å²) in [5, 5.41) is 35.1. The van der Waals surface area contributed by atoms with Crippen molar-refractivity contribution in [3.05, 3.63) is 282 Å². The zero-order chi connectivity index (χ0) is 89.4. The molecular weight excluding hydrogens is 1710 g/mol. The number of nitrogens with zero attached hydrogens (tertiary/aromatic N) is 24. The van der Waals surface area contributed by atoms with Crippen LogP contribution in [-0.2, 0) is 0 Å². The van der Waals surface area contributed by atoms with Gasteiger partial charge in [-0.25, -0.2) is 50.7 Å². The van der Waals surface area contributed by atoms with Gasteiger partial charge in [-0.15, -0.1) is 0 Å². The summed E-state index contributed by atoms with van der Waals surface area (Å²) in [5.74, 6) is 0.755. The fourth-order valence-electron chi connectivity index (χ4n) is 19.7. The number of carbonyl (C=O) groups excluding carboxylic acids is 4. The first-order valence-corrected chi connectivity index (χ1v) is 43.6. The first kappa shape index (κ1) is 82.8. The summed E-state index contributed by atoms with van der Waals surface area (Å²) < 4.78 is 106. The van der Waals surface area contributed by atoms with Gasteiger partial charge in [-0.3, -0.25) is 19.2 Å². The Morgan fingerprint density at radius 1 is 0.336 bits per heavy atom. The number of ether oxygens (including phenoxy) is 1. The summed E-state index contributed by atoms with van der Waals surface area (Å²) in [5.41, 5.74) is 4.65. The first-order chi connectivity index (χ1) is 63.8. The molecule has 131 heavy (non-hydrogen) atoms. The number of H-pyrrole nitrogens is 1. The fraction of sp³-hybridized carbons (Fsp3) is 0.269. The van der Waals surface area contributed by atoms with Gasteiger partial charge in [-0.05, 0) is 127 Å². The Morgan fingerprint density at radius 2 is 0.702 bits per heavy atom. The summed E-state index contributed by atoms with van der Waals surface area (Å²) in [6.07, 6.45) is 11.9. The lowest BCUT2D eigenvalue weighted by atomic mass is 10.0. The SMILES string of the molecule is COc1ccc2nc(N3CC4CN(C(=O)c5c(F)cccc5-n5nccn5)CC4C3)ccc2c1.O=C(c1c(F)cccc1-n1nccn1)N1CC2CN(c3ccc4cccc(F)c4n3)CC2C1.O=C(c1c(F)cccc1-n1nccn1)N1CC2CN(c3nc4cc(F)ccc4s3)CC2C1.O=C(c1c(F)cccc1-n1nccn1)N1CC2CN(c3nc4ccc(F)cc4[nH]3)CC2C1. The van der Waals surface area contributed by atoms with E-state index in [9.17, 15) is 49.9 Å². The van der Waals surface area contributed by atoms with Gasteiger partial charge in [0.25, 0.3) is 23.6 Å². The van der Waals surface area contributed by atoms with Gasteiger partial charge in [0.2, 0.25) is 5.95 Å². The number of rotatable bonds is 13. The van der Waals surface area contributed by atoms with E-state index in [0.29, 0.717) is 123 Å². The van der Waals surface area contributed by atoms with E-state index in [0.717, 1.165) is 88.3 Å². The Morgan fingerprint density at radius 3 is 1.13 bits per heavy atom. The molecule has 662 valence electrons. The third-order valence-corrected chi connectivity index (χ3v) is 27.1. The number of aromatic amines is 1. The van der Waals surface area contributed by atoms with Crippen molar-refractivity contribution in [2.45, 2.75) is 0 Å². The molecule has 8 aliphatic rings. The predicted molar refractivity (Wildman–Crippen MR) is 471 cm³/mol. The minimum Gasteiger partial charge on any atom is -0.497 e. The number of hydrogen-bond donors (Lipinski definition) is 1. The molecule has 30 nitrogen and oxygen atoms in total. The van der Waals surface area contributed by atoms with E-state index in [1.807, 2.05) is 42.5 Å². The van der Waals surface area contributed by atoms with Crippen molar-refractivity contribution in [1.29, 1.82) is 0 Å². The zero-order valence-electron chi connectivity index (χ0n) is 70.0. The molecule has 4 amide bonds. The van der Waals surface area contributed by atoms with E-state index in [2.05, 4.69) is 86.4 Å². The molecule has 0 radical (unpaired) electrons. The standard InChI is InChI=1S/C25H23FN6O2.C24H20F2N6O.C22H19F2N7O.C22H18F2N6OS/c1-34-19-6-7-21-16(11-19)5-8-23(29-21)30-12-17-14-31(15-18(17)13-30)25(33)24-20(26)3-2-4-22(24)32-27-9-10-28-32;25-18-4-2-6-20(32-27-9-10-28-32)22(18)24(33)31-13-16-11-30(12-17(16)14-31)21-8-7-15-3-1-5-19(26)23(15)29-21;23-15-4-5-17-18(8-15)28-22(27-17)30-11-13-9-29(10-14(13)12-30)21(32)20-16(24)2-1-3-19(20)31-25-6-7-26-31;23-15-4-5-19-17(8-15)27-22(32-19)29-11-13-9-28(10-14(13)12-29)21(31)20-16(24)2-1-3-18(20)30-25-6-7-26-30/h2-11,17-18H,12-15H2,1H3;1-10,16-17H,11-14H2;1-8,13-14H,9-12H2,(H,27,28);1-8,13-14H,9-12H2. The van der Waals surface area contributed by atoms with Crippen LogP contribution in [0.3, 0.4) is 0 Å². The monoisotopic (exact) mass is 1790 g/mol. The Bertz CT molecular complexity index is 6770. The molecular formula is C93H80F7N25O5S. The summed E-state index contributed by atoms with van der Waals surface area (Å²) in [7, 11) is 1.65. The topological polar surface area (TPSA) is 294 Å². The number of carbonyl (C=O) groups is 4. The summed E-state index contributed by atoms with van der Waals surface area (Å²) in [4.78, 5) is 95.7. The smallest absolute Gasteiger partial charge is 0.259 e. The molecule has 38 heteroatoms. The molecule has 8 fully saturated rings. The second-order valence-corrected chi connectivity index (χ2v) is 34.9. The second-order valence-electron chi connectivity index (χ2n) is 33.9. The molecule has 24 rings (SSSR count). The molecule has 16 heterocycles. The molecule has 8 atom stereocenters. The van der Waals surface area contributed by atoms with Crippen LogP contribution in [0.4, 0.5) is 53.4 Å². The Balaban J connectivity index is 0.000000106. The minimum absolute atomic E-state index is 0.00581. The predicted octanol–water partition coefficient (Wildman–Crippen LogP) is 12.5. The van der Waals surface area contributed by atoms with E-state index < -0.39 is 23.3 Å². The number of anilines is 4. The second kappa shape index (κ2) is 34.5. The highest BCUT2D eigenvalue weighted by molar-refractivity contribution is 7.22. The average molecular weight is 1790 g/mol. The van der Waals surface area contributed by atoms with Gasteiger partial charge in [0, 0.05) is 169 Å². The average Bonchev–Trinajstić information content (AvgIpc) is 1.63. The summed E-state index contributed by atoms with van der Waals surface area (Å²) in [6, 6.07) is 45.7. The zero-order valence-corrected chi connectivity index (χ0v) is 70.9. The Hall–Kier alpha value is -15.1. The molecule has 16 aromatic rings. The van der Waals surface area contributed by atoms with Crippen LogP contribution in [-0.4, -0.2) is 240 Å². The fourth-order valence-corrected chi connectivity index (χ4v) is 20.7. The first-order valence-electron chi connectivity index (χ1n) is 42.8. The van der Waals surface area contributed by atoms with Crippen LogP contribution in [0.25, 0.3) is 65.8 Å². The van der Waals surface area contributed by atoms with Crippen LogP contribution >= 0.6 is 11.3 Å². The van der Waals surface area contributed by atoms with E-state index in [1.165, 1.54) is 123 Å². The van der Waals surface area contributed by atoms with Crippen LogP contribution in [0, 0.1) is 88.1 Å². The van der Waals surface area contributed by atoms with Crippen LogP contribution in [0.2, 0.25) is 0 Å². The largest absolute Gasteiger partial charge is 0.497 e. The molecule has 8 unspecified atom stereocenters. The normalized spacial score (nSPS) is 20.0. The lowest BCUT2D eigenvalue weighted by Crippen LogP contribution is -2.34. The number of thiazole rings is 1. The van der Waals surface area contributed by atoms with Crippen molar-refractivity contribution < 1.29 is 54.6 Å². The summed E-state index contributed by atoms with van der Waals surface area (Å²) in [6.45, 7) is 10.5. The van der Waals surface area contributed by atoms with Gasteiger partial charge < -0.3 is 48.9 Å². The number of methoxy groups -OCH3 is 1. The molecule has 1 N–H and O–H groups in total. The number of fused-ring (bicyclic) bond motifs is 8. The number of hydrogen-bond acceptors (Lipinski definition) is 22. The number of imidazole rings is 1. The highest BCUT2D eigenvalue weighted by Crippen LogP contribution is 2.43. The van der Waals surface area contributed by atoms with Crippen molar-refractivity contribution in [3.63, 3.8) is 0 Å². The van der Waals surface area contributed by atoms with Gasteiger partial charge in [0.05, 0.1) is 83.5 Å². The van der Waals surface area contributed by atoms with Gasteiger partial charge in [-0.2, -0.15) is 60.0 Å². The van der Waals surface area contributed by atoms with Gasteiger partial charge in [-0.1, -0.05) is 47.7 Å². The van der Waals surface area contributed by atoms with Crippen LogP contribution < -0.4 is 24.3 Å². The van der Waals surface area contributed by atoms with Crippen molar-refractivity contribution >= 4 is 101 Å². The van der Waals surface area contributed by atoms with E-state index in [-0.39, 0.29) is 98.8 Å². The number of amides is 4. The van der Waals surface area contributed by atoms with Gasteiger partial charge in [0.1, 0.15) is 109 Å². The van der Waals surface area contributed by atoms with Crippen molar-refractivity contribution in [2.24, 2.45) is 47.3 Å². The number of para-hydroxylation sites is 1. The molecule has 8 saturated heterocycles. The molecule has 8 aliphatic heterocycles. The van der Waals surface area contributed by atoms with Crippen molar-refractivity contribution in [1.82, 2.24) is 104 Å². The van der Waals surface area contributed by atoms with Crippen LogP contribution in [0.5, 0.6) is 5.75 Å². The number of nitrogens with one attached hydrogen (secondary N) is 1. The lowest BCUT2D eigenvalue weighted by Gasteiger charge is -2.23. The van der Waals surface area contributed by atoms with E-state index in [1.54, 1.807) is 105 Å². The highest BCUT2D eigenvalue weighted by Gasteiger charge is 2.48. The van der Waals surface area contributed by atoms with Gasteiger partial charge in [0.15, 0.2) is 5.13 Å². The number of halogens is 7. The third-order valence-electron chi connectivity index (χ3n) is 26.0. The number of likely N-dealkylation sites (tertiary alicyclic amines) is 4. The molecule has 0 bridgehead atoms. The maximum absolute atomic E-state index is 14.8. The Kier molecular flexibility index (Phi) is 21.8. The van der Waals surface area contributed by atoms with E-state index in [4.69, 9.17) is 9.72 Å². The molecule has 8 aromatic heterocycles. The minimum atomic E-state index is -0.587. The third kappa shape index (κ3) is 16.1. The molecule has 8 aromatic carbocycles. The maximum Gasteiger partial charge on any atom is 0.259 e. The number of pyridine rings is 2. The van der Waals surface area contributed by atoms with E-state index >= 15 is 0 Å².